The summed E-state index contributed by atoms with van der Waals surface area (Å²) in [6, 6.07) is 14.7. The Morgan fingerprint density at radius 2 is 1.56 bits per heavy atom. The van der Waals surface area contributed by atoms with Crippen LogP contribution in [-0.2, 0) is 0 Å². The third-order valence-corrected chi connectivity index (χ3v) is 4.39. The number of rotatable bonds is 2. The number of hydrogen-bond donors (Lipinski definition) is 1. The standard InChI is InChI=1S/C14H14S2/c1-10-6-3-4-8-13(10)16-14-9-5-7-12(15)11(14)2/h3-9,15H,1-2H3. The minimum atomic E-state index is 1.05. The molecular weight excluding hydrogens is 232 g/mol. The van der Waals surface area contributed by atoms with E-state index in [1.165, 1.54) is 20.9 Å². The molecule has 0 heterocycles. The van der Waals surface area contributed by atoms with E-state index in [4.69, 9.17) is 0 Å². The number of benzene rings is 2. The molecule has 2 heteroatoms. The van der Waals surface area contributed by atoms with Crippen molar-refractivity contribution in [2.75, 3.05) is 0 Å². The van der Waals surface area contributed by atoms with Crippen molar-refractivity contribution in [1.29, 1.82) is 0 Å². The van der Waals surface area contributed by atoms with Crippen LogP contribution in [0.4, 0.5) is 0 Å². The van der Waals surface area contributed by atoms with Gasteiger partial charge < -0.3 is 0 Å². The molecule has 82 valence electrons. The second-order valence-electron chi connectivity index (χ2n) is 3.77. The van der Waals surface area contributed by atoms with Gasteiger partial charge in [0.1, 0.15) is 0 Å². The van der Waals surface area contributed by atoms with Crippen molar-refractivity contribution >= 4 is 24.4 Å². The smallest absolute Gasteiger partial charge is 0.0162 e. The Morgan fingerprint density at radius 3 is 2.31 bits per heavy atom. The summed E-state index contributed by atoms with van der Waals surface area (Å²) in [5.41, 5.74) is 2.57. The van der Waals surface area contributed by atoms with Crippen molar-refractivity contribution < 1.29 is 0 Å². The molecular formula is C14H14S2. The molecule has 0 aliphatic rings. The van der Waals surface area contributed by atoms with Crippen LogP contribution in [0.1, 0.15) is 11.1 Å². The fourth-order valence-corrected chi connectivity index (χ4v) is 2.81. The van der Waals surface area contributed by atoms with Crippen LogP contribution in [-0.4, -0.2) is 0 Å². The van der Waals surface area contributed by atoms with Gasteiger partial charge in [-0.05, 0) is 43.2 Å². The molecule has 0 saturated carbocycles. The lowest BCUT2D eigenvalue weighted by atomic mass is 10.2. The maximum atomic E-state index is 4.45. The first-order chi connectivity index (χ1) is 7.68. The molecule has 0 nitrogen and oxygen atoms in total. The SMILES string of the molecule is Cc1ccccc1Sc1cccc(S)c1C. The quantitative estimate of drug-likeness (QED) is 0.747. The molecule has 2 aromatic rings. The first kappa shape index (κ1) is 11.6. The van der Waals surface area contributed by atoms with E-state index in [9.17, 15) is 0 Å². The van der Waals surface area contributed by atoms with Gasteiger partial charge >= 0.3 is 0 Å². The Kier molecular flexibility index (Phi) is 3.62. The molecule has 0 amide bonds. The van der Waals surface area contributed by atoms with Gasteiger partial charge in [-0.1, -0.05) is 36.0 Å². The Labute approximate surface area is 106 Å². The van der Waals surface area contributed by atoms with Gasteiger partial charge in [0, 0.05) is 14.7 Å². The molecule has 0 N–H and O–H groups in total. The largest absolute Gasteiger partial charge is 0.143 e. The van der Waals surface area contributed by atoms with Crippen molar-refractivity contribution in [1.82, 2.24) is 0 Å². The van der Waals surface area contributed by atoms with Crippen LogP contribution in [0, 0.1) is 13.8 Å². The monoisotopic (exact) mass is 246 g/mol. The van der Waals surface area contributed by atoms with Gasteiger partial charge in [-0.2, -0.15) is 0 Å². The van der Waals surface area contributed by atoms with Crippen molar-refractivity contribution in [2.45, 2.75) is 28.5 Å². The average Bonchev–Trinajstić information content (AvgIpc) is 2.28. The van der Waals surface area contributed by atoms with Gasteiger partial charge in [0.25, 0.3) is 0 Å². The van der Waals surface area contributed by atoms with Gasteiger partial charge in [-0.15, -0.1) is 12.6 Å². The first-order valence-corrected chi connectivity index (χ1v) is 6.47. The highest BCUT2D eigenvalue weighted by Gasteiger charge is 2.04. The van der Waals surface area contributed by atoms with Crippen LogP contribution in [0.15, 0.2) is 57.2 Å². The molecule has 0 unspecified atom stereocenters. The predicted octanol–water partition coefficient (Wildman–Crippen LogP) is 4.74. The van der Waals surface area contributed by atoms with Crippen LogP contribution in [0.25, 0.3) is 0 Å². The lowest BCUT2D eigenvalue weighted by Crippen LogP contribution is -1.83. The van der Waals surface area contributed by atoms with E-state index in [2.05, 4.69) is 62.9 Å². The van der Waals surface area contributed by atoms with E-state index >= 15 is 0 Å². The zero-order valence-electron chi connectivity index (χ0n) is 9.40. The van der Waals surface area contributed by atoms with Gasteiger partial charge in [0.2, 0.25) is 0 Å². The summed E-state index contributed by atoms with van der Waals surface area (Å²) in [7, 11) is 0. The Morgan fingerprint density at radius 1 is 0.875 bits per heavy atom. The molecule has 0 saturated heterocycles. The molecule has 0 atom stereocenters. The minimum absolute atomic E-state index is 1.05. The zero-order chi connectivity index (χ0) is 11.5. The second kappa shape index (κ2) is 4.98. The number of aryl methyl sites for hydroxylation is 1. The maximum Gasteiger partial charge on any atom is 0.0162 e. The predicted molar refractivity (Wildman–Crippen MR) is 73.7 cm³/mol. The van der Waals surface area contributed by atoms with E-state index in [1.54, 1.807) is 11.8 Å². The van der Waals surface area contributed by atoms with Crippen molar-refractivity contribution in [3.8, 4) is 0 Å². The highest BCUT2D eigenvalue weighted by molar-refractivity contribution is 7.99. The van der Waals surface area contributed by atoms with Crippen LogP contribution >= 0.6 is 24.4 Å². The summed E-state index contributed by atoms with van der Waals surface area (Å²) in [4.78, 5) is 3.64. The molecule has 0 bridgehead atoms. The molecule has 0 aromatic heterocycles. The van der Waals surface area contributed by atoms with Crippen LogP contribution in [0.3, 0.4) is 0 Å². The zero-order valence-corrected chi connectivity index (χ0v) is 11.1. The van der Waals surface area contributed by atoms with Crippen molar-refractivity contribution in [3.05, 3.63) is 53.6 Å². The maximum absolute atomic E-state index is 4.45. The molecule has 2 aromatic carbocycles. The Hall–Kier alpha value is -0.860. The van der Waals surface area contributed by atoms with E-state index in [1.807, 2.05) is 6.07 Å². The van der Waals surface area contributed by atoms with E-state index in [-0.39, 0.29) is 0 Å². The molecule has 0 spiro atoms. The summed E-state index contributed by atoms with van der Waals surface area (Å²) in [5, 5.41) is 0. The molecule has 0 radical (unpaired) electrons. The topological polar surface area (TPSA) is 0 Å². The lowest BCUT2D eigenvalue weighted by molar-refractivity contribution is 1.19. The normalized spacial score (nSPS) is 10.4. The summed E-state index contributed by atoms with van der Waals surface area (Å²) < 4.78 is 0. The van der Waals surface area contributed by atoms with E-state index < -0.39 is 0 Å². The summed E-state index contributed by atoms with van der Waals surface area (Å²) in [6.45, 7) is 4.26. The number of hydrogen-bond acceptors (Lipinski definition) is 2. The molecule has 0 aliphatic heterocycles. The lowest BCUT2D eigenvalue weighted by Gasteiger charge is -2.09. The molecule has 16 heavy (non-hydrogen) atoms. The molecule has 0 fully saturated rings. The summed E-state index contributed by atoms with van der Waals surface area (Å²) in [5.74, 6) is 0. The number of thiol groups is 1. The highest BCUT2D eigenvalue weighted by atomic mass is 32.2. The van der Waals surface area contributed by atoms with Gasteiger partial charge in [-0.3, -0.25) is 0 Å². The summed E-state index contributed by atoms with van der Waals surface area (Å²) >= 11 is 6.25. The molecule has 2 rings (SSSR count). The third kappa shape index (κ3) is 2.45. The average molecular weight is 246 g/mol. The van der Waals surface area contributed by atoms with E-state index in [0.29, 0.717) is 0 Å². The van der Waals surface area contributed by atoms with Crippen LogP contribution in [0.2, 0.25) is 0 Å². The second-order valence-corrected chi connectivity index (χ2v) is 5.33. The minimum Gasteiger partial charge on any atom is -0.143 e. The first-order valence-electron chi connectivity index (χ1n) is 5.20. The van der Waals surface area contributed by atoms with Crippen molar-refractivity contribution in [2.24, 2.45) is 0 Å². The molecule has 0 aliphatic carbocycles. The fraction of sp³-hybridized carbons (Fsp3) is 0.143. The van der Waals surface area contributed by atoms with Gasteiger partial charge in [0.05, 0.1) is 0 Å². The van der Waals surface area contributed by atoms with Crippen molar-refractivity contribution in [3.63, 3.8) is 0 Å². The Balaban J connectivity index is 2.35. The van der Waals surface area contributed by atoms with Crippen LogP contribution < -0.4 is 0 Å². The highest BCUT2D eigenvalue weighted by Crippen LogP contribution is 2.34. The fourth-order valence-electron chi connectivity index (χ4n) is 1.50. The van der Waals surface area contributed by atoms with Crippen LogP contribution in [0.5, 0.6) is 0 Å². The Bertz CT molecular complexity index is 504. The van der Waals surface area contributed by atoms with Gasteiger partial charge in [-0.25, -0.2) is 0 Å². The van der Waals surface area contributed by atoms with E-state index in [0.717, 1.165) is 4.90 Å². The van der Waals surface area contributed by atoms with Gasteiger partial charge in [0.15, 0.2) is 0 Å². The summed E-state index contributed by atoms with van der Waals surface area (Å²) in [6.07, 6.45) is 0. The third-order valence-electron chi connectivity index (χ3n) is 2.57.